The molecule has 0 spiro atoms. The van der Waals surface area contributed by atoms with Gasteiger partial charge in [-0.3, -0.25) is 4.90 Å². The molecule has 104 valence electrons. The summed E-state index contributed by atoms with van der Waals surface area (Å²) in [4.78, 5) is 2.72. The fraction of sp³-hybridized carbons (Fsp3) is 0.625. The Balaban J connectivity index is 1.62. The van der Waals surface area contributed by atoms with E-state index in [1.54, 1.807) is 0 Å². The summed E-state index contributed by atoms with van der Waals surface area (Å²) < 4.78 is 1.26. The first-order valence-electron chi connectivity index (χ1n) is 7.51. The molecule has 3 rings (SSSR count). The van der Waals surface area contributed by atoms with E-state index in [0.717, 1.165) is 18.5 Å². The number of hydrogen-bond acceptors (Lipinski definition) is 2. The van der Waals surface area contributed by atoms with E-state index in [1.165, 1.54) is 55.4 Å². The van der Waals surface area contributed by atoms with Crippen LogP contribution in [0.15, 0.2) is 28.7 Å². The van der Waals surface area contributed by atoms with E-state index in [-0.39, 0.29) is 0 Å². The number of nitrogens with one attached hydrogen (secondary N) is 1. The molecule has 1 saturated heterocycles. The second kappa shape index (κ2) is 6.38. The van der Waals surface area contributed by atoms with Crippen LogP contribution in [0, 0.1) is 5.92 Å². The smallest absolute Gasteiger partial charge is 0.0247 e. The number of hydrogen-bond donors (Lipinski definition) is 1. The summed E-state index contributed by atoms with van der Waals surface area (Å²) in [5.74, 6) is 0.893. The van der Waals surface area contributed by atoms with Crippen molar-refractivity contribution in [1.82, 2.24) is 10.2 Å². The number of benzene rings is 1. The standard InChI is InChI=1S/C16H23BrN2/c17-16-4-2-1-3-14(16)12-19(15-5-6-15)11-13-7-9-18-10-8-13/h1-4,13,15,18H,5-12H2. The zero-order valence-electron chi connectivity index (χ0n) is 11.4. The quantitative estimate of drug-likeness (QED) is 0.893. The lowest BCUT2D eigenvalue weighted by Gasteiger charge is -2.30. The monoisotopic (exact) mass is 322 g/mol. The number of nitrogens with zero attached hydrogens (tertiary/aromatic N) is 1. The highest BCUT2D eigenvalue weighted by molar-refractivity contribution is 9.10. The second-order valence-corrected chi connectivity index (χ2v) is 6.80. The second-order valence-electron chi connectivity index (χ2n) is 5.95. The van der Waals surface area contributed by atoms with E-state index in [0.29, 0.717) is 0 Å². The van der Waals surface area contributed by atoms with Gasteiger partial charge in [0.2, 0.25) is 0 Å². The molecule has 0 unspecified atom stereocenters. The first kappa shape index (κ1) is 13.6. The van der Waals surface area contributed by atoms with Gasteiger partial charge in [-0.05, 0) is 56.3 Å². The van der Waals surface area contributed by atoms with Crippen LogP contribution in [-0.4, -0.2) is 30.6 Å². The highest BCUT2D eigenvalue weighted by Crippen LogP contribution is 2.31. The normalized spacial score (nSPS) is 20.9. The van der Waals surface area contributed by atoms with E-state index < -0.39 is 0 Å². The minimum atomic E-state index is 0.849. The SMILES string of the molecule is Brc1ccccc1CN(CC1CCNCC1)C1CC1. The maximum Gasteiger partial charge on any atom is 0.0247 e. The average molecular weight is 323 g/mol. The Morgan fingerprint density at radius 1 is 1.11 bits per heavy atom. The van der Waals surface area contributed by atoms with Gasteiger partial charge < -0.3 is 5.32 Å². The zero-order valence-corrected chi connectivity index (χ0v) is 13.0. The topological polar surface area (TPSA) is 15.3 Å². The molecule has 0 radical (unpaired) electrons. The number of halogens is 1. The first-order valence-corrected chi connectivity index (χ1v) is 8.30. The first-order chi connectivity index (χ1) is 9.33. The highest BCUT2D eigenvalue weighted by atomic mass is 79.9. The molecule has 1 aromatic rings. The third-order valence-corrected chi connectivity index (χ3v) is 5.12. The molecule has 2 fully saturated rings. The van der Waals surface area contributed by atoms with Crippen LogP contribution in [0.2, 0.25) is 0 Å². The fourth-order valence-corrected chi connectivity index (χ4v) is 3.43. The molecule has 0 atom stereocenters. The predicted molar refractivity (Wildman–Crippen MR) is 83.2 cm³/mol. The Morgan fingerprint density at radius 2 is 1.84 bits per heavy atom. The molecule has 1 aliphatic carbocycles. The van der Waals surface area contributed by atoms with Crippen LogP contribution in [0.3, 0.4) is 0 Å². The van der Waals surface area contributed by atoms with Gasteiger partial charge in [-0.2, -0.15) is 0 Å². The maximum atomic E-state index is 3.68. The maximum absolute atomic E-state index is 3.68. The zero-order chi connectivity index (χ0) is 13.1. The largest absolute Gasteiger partial charge is 0.317 e. The van der Waals surface area contributed by atoms with Crippen LogP contribution in [0.1, 0.15) is 31.2 Å². The summed E-state index contributed by atoms with van der Waals surface area (Å²) in [7, 11) is 0. The van der Waals surface area contributed by atoms with Crippen LogP contribution in [-0.2, 0) is 6.54 Å². The summed E-state index contributed by atoms with van der Waals surface area (Å²) in [6, 6.07) is 9.51. The summed E-state index contributed by atoms with van der Waals surface area (Å²) in [6.07, 6.45) is 5.49. The van der Waals surface area contributed by atoms with Crippen molar-refractivity contribution in [3.8, 4) is 0 Å². The minimum absolute atomic E-state index is 0.849. The molecule has 1 aromatic carbocycles. The Bertz CT molecular complexity index is 411. The highest BCUT2D eigenvalue weighted by Gasteiger charge is 2.31. The van der Waals surface area contributed by atoms with Crippen LogP contribution < -0.4 is 5.32 Å². The van der Waals surface area contributed by atoms with Crippen molar-refractivity contribution in [2.75, 3.05) is 19.6 Å². The van der Waals surface area contributed by atoms with Crippen LogP contribution >= 0.6 is 15.9 Å². The van der Waals surface area contributed by atoms with Crippen molar-refractivity contribution < 1.29 is 0 Å². The van der Waals surface area contributed by atoms with Gasteiger partial charge in [0.1, 0.15) is 0 Å². The Morgan fingerprint density at radius 3 is 2.53 bits per heavy atom. The van der Waals surface area contributed by atoms with Crippen molar-refractivity contribution in [3.63, 3.8) is 0 Å². The number of piperidine rings is 1. The van der Waals surface area contributed by atoms with Gasteiger partial charge >= 0.3 is 0 Å². The number of rotatable bonds is 5. The summed E-state index contributed by atoms with van der Waals surface area (Å²) >= 11 is 3.68. The predicted octanol–water partition coefficient (Wildman–Crippen LogP) is 3.41. The lowest BCUT2D eigenvalue weighted by atomic mass is 9.97. The molecule has 19 heavy (non-hydrogen) atoms. The molecule has 0 aromatic heterocycles. The molecular formula is C16H23BrN2. The molecule has 1 aliphatic heterocycles. The van der Waals surface area contributed by atoms with E-state index in [4.69, 9.17) is 0 Å². The van der Waals surface area contributed by atoms with E-state index in [2.05, 4.69) is 50.4 Å². The molecule has 2 nitrogen and oxygen atoms in total. The fourth-order valence-electron chi connectivity index (χ4n) is 3.02. The van der Waals surface area contributed by atoms with Crippen molar-refractivity contribution in [3.05, 3.63) is 34.3 Å². The lowest BCUT2D eigenvalue weighted by Crippen LogP contribution is -2.37. The lowest BCUT2D eigenvalue weighted by molar-refractivity contribution is 0.190. The third-order valence-electron chi connectivity index (χ3n) is 4.35. The molecule has 1 saturated carbocycles. The van der Waals surface area contributed by atoms with Crippen molar-refractivity contribution >= 4 is 15.9 Å². The van der Waals surface area contributed by atoms with E-state index in [9.17, 15) is 0 Å². The van der Waals surface area contributed by atoms with Gasteiger partial charge in [0, 0.05) is 23.6 Å². The molecule has 2 aliphatic rings. The van der Waals surface area contributed by atoms with Gasteiger partial charge in [-0.1, -0.05) is 34.1 Å². The molecule has 0 bridgehead atoms. The average Bonchev–Trinajstić information content (AvgIpc) is 3.26. The van der Waals surface area contributed by atoms with Gasteiger partial charge in [-0.15, -0.1) is 0 Å². The summed E-state index contributed by atoms with van der Waals surface area (Å²) in [6.45, 7) is 4.81. The van der Waals surface area contributed by atoms with Gasteiger partial charge in [-0.25, -0.2) is 0 Å². The third kappa shape index (κ3) is 3.80. The van der Waals surface area contributed by atoms with Crippen LogP contribution in [0.4, 0.5) is 0 Å². The Kier molecular flexibility index (Phi) is 4.57. The Hall–Kier alpha value is -0.380. The van der Waals surface area contributed by atoms with Crippen molar-refractivity contribution in [1.29, 1.82) is 0 Å². The molecular weight excluding hydrogens is 300 g/mol. The molecule has 0 amide bonds. The van der Waals surface area contributed by atoms with Crippen LogP contribution in [0.5, 0.6) is 0 Å². The summed E-state index contributed by atoms with van der Waals surface area (Å²) in [5, 5.41) is 3.47. The van der Waals surface area contributed by atoms with Crippen molar-refractivity contribution in [2.24, 2.45) is 5.92 Å². The Labute approximate surface area is 124 Å². The summed E-state index contributed by atoms with van der Waals surface area (Å²) in [5.41, 5.74) is 1.43. The molecule has 3 heteroatoms. The molecule has 1 N–H and O–H groups in total. The van der Waals surface area contributed by atoms with Crippen molar-refractivity contribution in [2.45, 2.75) is 38.3 Å². The van der Waals surface area contributed by atoms with Gasteiger partial charge in [0.25, 0.3) is 0 Å². The minimum Gasteiger partial charge on any atom is -0.317 e. The van der Waals surface area contributed by atoms with E-state index in [1.807, 2.05) is 0 Å². The van der Waals surface area contributed by atoms with Crippen LogP contribution in [0.25, 0.3) is 0 Å². The van der Waals surface area contributed by atoms with Gasteiger partial charge in [0.05, 0.1) is 0 Å². The molecule has 1 heterocycles. The van der Waals surface area contributed by atoms with Gasteiger partial charge in [0.15, 0.2) is 0 Å². The van der Waals surface area contributed by atoms with E-state index >= 15 is 0 Å².